The first-order valence-corrected chi connectivity index (χ1v) is 16.9. The maximum Gasteiger partial charge on any atom is 0.174 e. The van der Waals surface area contributed by atoms with Gasteiger partial charge in [-0.1, -0.05) is 59.7 Å². The van der Waals surface area contributed by atoms with E-state index in [0.717, 1.165) is 75.9 Å². The predicted molar refractivity (Wildman–Crippen MR) is 182 cm³/mol. The van der Waals surface area contributed by atoms with Gasteiger partial charge in [0.05, 0.1) is 10.2 Å². The zero-order chi connectivity index (χ0) is 30.8. The van der Waals surface area contributed by atoms with Crippen molar-refractivity contribution in [2.75, 3.05) is 13.2 Å². The van der Waals surface area contributed by atoms with Crippen molar-refractivity contribution in [2.45, 2.75) is 78.2 Å². The first-order valence-electron chi connectivity index (χ1n) is 15.8. The molecule has 0 bridgehead atoms. The van der Waals surface area contributed by atoms with E-state index in [1.807, 2.05) is 19.1 Å². The van der Waals surface area contributed by atoms with E-state index in [1.54, 1.807) is 0 Å². The Hall–Kier alpha value is -3.39. The fraction of sp³-hybridized carbons (Fsp3) is 0.368. The van der Waals surface area contributed by atoms with Crippen LogP contribution in [0.2, 0.25) is 0 Å². The third kappa shape index (κ3) is 6.23. The van der Waals surface area contributed by atoms with Crippen LogP contribution in [0.3, 0.4) is 0 Å². The Kier molecular flexibility index (Phi) is 9.26. The highest BCUT2D eigenvalue weighted by molar-refractivity contribution is 14.1. The van der Waals surface area contributed by atoms with Gasteiger partial charge in [0, 0.05) is 47.8 Å². The summed E-state index contributed by atoms with van der Waals surface area (Å²) in [7, 11) is 0. The molecule has 3 aromatic carbocycles. The number of carbonyl (C=O) groups is 2. The first-order chi connectivity index (χ1) is 21.3. The van der Waals surface area contributed by atoms with Crippen molar-refractivity contribution < 1.29 is 19.1 Å². The summed E-state index contributed by atoms with van der Waals surface area (Å²) in [5.41, 5.74) is 9.55. The van der Waals surface area contributed by atoms with Crippen molar-refractivity contribution in [1.82, 2.24) is 4.90 Å². The Labute approximate surface area is 274 Å². The van der Waals surface area contributed by atoms with Crippen molar-refractivity contribution >= 4 is 34.2 Å². The third-order valence-electron chi connectivity index (χ3n) is 8.88. The van der Waals surface area contributed by atoms with E-state index in [2.05, 4.69) is 89.9 Å². The topological polar surface area (TPSA) is 55.8 Å². The molecule has 6 heteroatoms. The average Bonchev–Trinajstić information content (AvgIpc) is 2.99. The molecule has 44 heavy (non-hydrogen) atoms. The monoisotopic (exact) mass is 701 g/mol. The van der Waals surface area contributed by atoms with Gasteiger partial charge in [-0.05, 0) is 104 Å². The highest BCUT2D eigenvalue weighted by Crippen LogP contribution is 2.50. The van der Waals surface area contributed by atoms with Crippen LogP contribution in [0.1, 0.15) is 79.2 Å². The van der Waals surface area contributed by atoms with Gasteiger partial charge in [0.2, 0.25) is 0 Å². The molecule has 0 spiro atoms. The molecule has 1 heterocycles. The smallest absolute Gasteiger partial charge is 0.174 e. The number of aryl methyl sites for hydroxylation is 2. The molecule has 0 saturated heterocycles. The summed E-state index contributed by atoms with van der Waals surface area (Å²) >= 11 is 2.32. The predicted octanol–water partition coefficient (Wildman–Crippen LogP) is 8.54. The zero-order valence-corrected chi connectivity index (χ0v) is 28.0. The van der Waals surface area contributed by atoms with E-state index in [-0.39, 0.29) is 17.5 Å². The number of rotatable bonds is 9. The van der Waals surface area contributed by atoms with Crippen LogP contribution in [0.25, 0.3) is 0 Å². The van der Waals surface area contributed by atoms with Gasteiger partial charge in [-0.15, -0.1) is 0 Å². The lowest BCUT2D eigenvalue weighted by molar-refractivity contribution is -0.117. The van der Waals surface area contributed by atoms with Gasteiger partial charge >= 0.3 is 0 Å². The summed E-state index contributed by atoms with van der Waals surface area (Å²) in [4.78, 5) is 30.0. The molecule has 0 radical (unpaired) electrons. The molecule has 0 atom stereocenters. The Morgan fingerprint density at radius 3 is 2.05 bits per heavy atom. The fourth-order valence-electron chi connectivity index (χ4n) is 7.17. The summed E-state index contributed by atoms with van der Waals surface area (Å²) in [6.07, 6.45) is 5.29. The van der Waals surface area contributed by atoms with E-state index in [4.69, 9.17) is 9.47 Å². The maximum absolute atomic E-state index is 13.8. The third-order valence-corrected chi connectivity index (χ3v) is 9.68. The number of carbonyl (C=O) groups excluding carboxylic acids is 2. The van der Waals surface area contributed by atoms with Crippen LogP contribution >= 0.6 is 22.6 Å². The molecule has 5 nitrogen and oxygen atoms in total. The van der Waals surface area contributed by atoms with Crippen molar-refractivity contribution in [3.63, 3.8) is 0 Å². The summed E-state index contributed by atoms with van der Waals surface area (Å²) < 4.78 is 13.5. The van der Waals surface area contributed by atoms with Crippen LogP contribution in [-0.4, -0.2) is 29.6 Å². The Bertz CT molecular complexity index is 1590. The van der Waals surface area contributed by atoms with E-state index in [0.29, 0.717) is 37.6 Å². The molecule has 1 aliphatic heterocycles. The van der Waals surface area contributed by atoms with Crippen molar-refractivity contribution in [2.24, 2.45) is 0 Å². The standard InChI is InChI=1S/C38H40INO4/c1-4-43-34-22-28(21-29(39)38(34)44-23-27-19-24(2)18-25(3)20-27)35-36-30(12-8-14-32(36)41)40(17-16-26-10-6-5-7-11-26)31-13-9-15-33(42)37(31)35/h5-7,10-11,18-22,35H,4,8-9,12-17,23H2,1-3H3. The number of ketones is 2. The molecule has 0 N–H and O–H groups in total. The molecule has 0 amide bonds. The van der Waals surface area contributed by atoms with Crippen molar-refractivity contribution in [3.05, 3.63) is 115 Å². The number of benzene rings is 3. The number of Topliss-reactive ketones (excluding diaryl/α,β-unsaturated/α-hetero) is 2. The Morgan fingerprint density at radius 1 is 0.795 bits per heavy atom. The summed E-state index contributed by atoms with van der Waals surface area (Å²) in [6.45, 7) is 7.84. The molecule has 6 rings (SSSR count). The normalized spacial score (nSPS) is 17.1. The first kappa shape index (κ1) is 30.6. The van der Waals surface area contributed by atoms with Crippen LogP contribution < -0.4 is 9.47 Å². The summed E-state index contributed by atoms with van der Waals surface area (Å²) in [5.74, 6) is 1.29. The minimum atomic E-state index is -0.380. The van der Waals surface area contributed by atoms with Crippen LogP contribution in [0, 0.1) is 17.4 Å². The lowest BCUT2D eigenvalue weighted by atomic mass is 9.71. The molecule has 3 aliphatic rings. The highest BCUT2D eigenvalue weighted by atomic mass is 127. The summed E-state index contributed by atoms with van der Waals surface area (Å²) in [6, 6.07) is 21.0. The quantitative estimate of drug-likeness (QED) is 0.210. The number of allylic oxidation sites excluding steroid dienone is 4. The number of ether oxygens (including phenoxy) is 2. The molecule has 2 aliphatic carbocycles. The molecular formula is C38H40INO4. The van der Waals surface area contributed by atoms with Gasteiger partial charge in [-0.3, -0.25) is 9.59 Å². The SMILES string of the molecule is CCOc1cc(C2C3=C(CCCC3=O)N(CCc3ccccc3)C3=C2C(=O)CCC3)cc(I)c1OCc1cc(C)cc(C)c1. The second-order valence-electron chi connectivity index (χ2n) is 12.1. The fourth-order valence-corrected chi connectivity index (χ4v) is 7.95. The number of hydrogen-bond acceptors (Lipinski definition) is 5. The largest absolute Gasteiger partial charge is 0.490 e. The Balaban J connectivity index is 1.41. The van der Waals surface area contributed by atoms with Crippen LogP contribution in [0.5, 0.6) is 11.5 Å². The van der Waals surface area contributed by atoms with Gasteiger partial charge in [-0.25, -0.2) is 0 Å². The van der Waals surface area contributed by atoms with E-state index in [9.17, 15) is 9.59 Å². The number of hydrogen-bond donors (Lipinski definition) is 0. The molecule has 0 aromatic heterocycles. The van der Waals surface area contributed by atoms with Crippen LogP contribution in [-0.2, 0) is 22.6 Å². The molecule has 0 saturated carbocycles. The van der Waals surface area contributed by atoms with Crippen LogP contribution in [0.15, 0.2) is 83.2 Å². The highest BCUT2D eigenvalue weighted by Gasteiger charge is 2.43. The van der Waals surface area contributed by atoms with Gasteiger partial charge in [-0.2, -0.15) is 0 Å². The van der Waals surface area contributed by atoms with Gasteiger partial charge in [0.1, 0.15) is 6.61 Å². The molecule has 0 fully saturated rings. The molecule has 0 unspecified atom stereocenters. The lowest BCUT2D eigenvalue weighted by Gasteiger charge is -2.44. The van der Waals surface area contributed by atoms with Crippen LogP contribution in [0.4, 0.5) is 0 Å². The van der Waals surface area contributed by atoms with E-state index < -0.39 is 0 Å². The van der Waals surface area contributed by atoms with E-state index in [1.165, 1.54) is 16.7 Å². The zero-order valence-electron chi connectivity index (χ0n) is 25.9. The minimum absolute atomic E-state index is 0.161. The second-order valence-corrected chi connectivity index (χ2v) is 13.3. The molecular weight excluding hydrogens is 661 g/mol. The molecule has 3 aromatic rings. The molecule has 228 valence electrons. The van der Waals surface area contributed by atoms with Gasteiger partial charge < -0.3 is 14.4 Å². The lowest BCUT2D eigenvalue weighted by Crippen LogP contribution is -2.40. The van der Waals surface area contributed by atoms with Crippen molar-refractivity contribution in [3.8, 4) is 11.5 Å². The average molecular weight is 702 g/mol. The Morgan fingerprint density at radius 2 is 1.43 bits per heavy atom. The number of nitrogens with zero attached hydrogens (tertiary/aromatic N) is 1. The van der Waals surface area contributed by atoms with Gasteiger partial charge in [0.15, 0.2) is 23.1 Å². The maximum atomic E-state index is 13.8. The van der Waals surface area contributed by atoms with Crippen molar-refractivity contribution in [1.29, 1.82) is 0 Å². The minimum Gasteiger partial charge on any atom is -0.490 e. The van der Waals surface area contributed by atoms with Gasteiger partial charge in [0.25, 0.3) is 0 Å². The second kappa shape index (κ2) is 13.3. The summed E-state index contributed by atoms with van der Waals surface area (Å²) in [5, 5.41) is 0. The van der Waals surface area contributed by atoms with E-state index >= 15 is 0 Å². The number of halogens is 1.